The van der Waals surface area contributed by atoms with Gasteiger partial charge in [0.2, 0.25) is 0 Å². The first-order chi connectivity index (χ1) is 19.8. The van der Waals surface area contributed by atoms with Crippen LogP contribution in [0.3, 0.4) is 0 Å². The van der Waals surface area contributed by atoms with Gasteiger partial charge >= 0.3 is 0 Å². The highest BCUT2D eigenvalue weighted by atomic mass is 16.7. The lowest BCUT2D eigenvalue weighted by Gasteiger charge is -2.58. The number of rotatable bonds is 9. The molecule has 240 valence electrons. The van der Waals surface area contributed by atoms with Gasteiger partial charge in [0.15, 0.2) is 6.29 Å². The average Bonchev–Trinajstić information content (AvgIpc) is 3.33. The van der Waals surface area contributed by atoms with E-state index in [0.29, 0.717) is 29.1 Å². The van der Waals surface area contributed by atoms with Gasteiger partial charge in [0.25, 0.3) is 0 Å². The molecule has 0 bridgehead atoms. The highest BCUT2D eigenvalue weighted by molar-refractivity contribution is 5.25. The first-order valence-electron chi connectivity index (χ1n) is 16.8. The molecule has 1 aliphatic heterocycles. The Morgan fingerprint density at radius 2 is 1.79 bits per heavy atom. The summed E-state index contributed by atoms with van der Waals surface area (Å²) in [5.41, 5.74) is 1.19. The number of ether oxygens (including phenoxy) is 2. The van der Waals surface area contributed by atoms with E-state index in [1.54, 1.807) is 6.08 Å². The molecular formula is C35H58O7. The van der Waals surface area contributed by atoms with Crippen LogP contribution < -0.4 is 0 Å². The van der Waals surface area contributed by atoms with Crippen LogP contribution in [0.5, 0.6) is 0 Å². The van der Waals surface area contributed by atoms with Crippen molar-refractivity contribution in [3.8, 4) is 0 Å². The van der Waals surface area contributed by atoms with Crippen molar-refractivity contribution in [1.29, 1.82) is 0 Å². The van der Waals surface area contributed by atoms with Crippen LogP contribution in [-0.4, -0.2) is 74.6 Å². The van der Waals surface area contributed by atoms with Gasteiger partial charge in [0.1, 0.15) is 24.4 Å². The molecule has 42 heavy (non-hydrogen) atoms. The van der Waals surface area contributed by atoms with Gasteiger partial charge in [-0.25, -0.2) is 0 Å². The standard InChI is InChI=1S/C35H58O7/c1-7-35(40,20(2)3)17-12-21(4)25-10-11-26-24-9-8-22-18-23(13-15-33(22,5)27(24)14-16-34(25,26)6)41-32-31(39)30(38)29(37)28(19-36)42-32/h7-8,20-21,23-32,36-40H,1,9-19H2,2-6H3/t21-,23?,24+,25-,26+,27+,28-,29-,30+,31-,32-,33+,34-,35+/m1/s1. The molecule has 4 aliphatic carbocycles. The van der Waals surface area contributed by atoms with Crippen molar-refractivity contribution >= 4 is 0 Å². The molecule has 0 amide bonds. The molecule has 1 heterocycles. The summed E-state index contributed by atoms with van der Waals surface area (Å²) in [4.78, 5) is 0. The van der Waals surface area contributed by atoms with Crippen molar-refractivity contribution in [2.75, 3.05) is 6.61 Å². The zero-order valence-corrected chi connectivity index (χ0v) is 26.6. The van der Waals surface area contributed by atoms with E-state index in [-0.39, 0.29) is 17.4 Å². The summed E-state index contributed by atoms with van der Waals surface area (Å²) in [6.07, 6.45) is 8.72. The Bertz CT molecular complexity index is 996. The van der Waals surface area contributed by atoms with Crippen molar-refractivity contribution in [2.45, 2.75) is 141 Å². The zero-order chi connectivity index (χ0) is 30.6. The molecular weight excluding hydrogens is 532 g/mol. The van der Waals surface area contributed by atoms with E-state index in [2.05, 4.69) is 47.3 Å². The minimum atomic E-state index is -1.41. The van der Waals surface area contributed by atoms with E-state index in [9.17, 15) is 25.5 Å². The summed E-state index contributed by atoms with van der Waals surface area (Å²) in [6, 6.07) is 0. The molecule has 7 nitrogen and oxygen atoms in total. The molecule has 0 aromatic rings. The first-order valence-corrected chi connectivity index (χ1v) is 16.8. The molecule has 5 rings (SSSR count). The van der Waals surface area contributed by atoms with Gasteiger partial charge in [-0.1, -0.05) is 52.3 Å². The van der Waals surface area contributed by atoms with Gasteiger partial charge in [0.05, 0.1) is 18.3 Å². The highest BCUT2D eigenvalue weighted by Gasteiger charge is 2.59. The lowest BCUT2D eigenvalue weighted by Crippen LogP contribution is -2.60. The topological polar surface area (TPSA) is 120 Å². The second-order valence-corrected chi connectivity index (χ2v) is 15.6. The number of hydrogen-bond donors (Lipinski definition) is 5. The maximum absolute atomic E-state index is 11.1. The van der Waals surface area contributed by atoms with Crippen LogP contribution in [0.1, 0.15) is 98.8 Å². The SMILES string of the molecule is C=C[C@](O)(CC[C@@H](C)[C@H]1CC[C@H]2[C@@H]3CC=C4CC(O[C@@H]5O[C@H](CO)[C@@H](O)[C@H](O)[C@H]5O)CC[C@]4(C)[C@H]3CC[C@]12C)C(C)C. The predicted octanol–water partition coefficient (Wildman–Crippen LogP) is 4.74. The monoisotopic (exact) mass is 590 g/mol. The molecule has 14 atom stereocenters. The van der Waals surface area contributed by atoms with E-state index in [4.69, 9.17) is 9.47 Å². The van der Waals surface area contributed by atoms with Crippen LogP contribution in [0.15, 0.2) is 24.3 Å². The molecule has 1 saturated heterocycles. The Balaban J connectivity index is 1.24. The second kappa shape index (κ2) is 12.2. The minimum Gasteiger partial charge on any atom is -0.394 e. The highest BCUT2D eigenvalue weighted by Crippen LogP contribution is 2.67. The number of hydrogen-bond acceptors (Lipinski definition) is 7. The quantitative estimate of drug-likeness (QED) is 0.246. The molecule has 5 aliphatic rings. The molecule has 0 radical (unpaired) electrons. The van der Waals surface area contributed by atoms with Crippen molar-refractivity contribution in [2.24, 2.45) is 46.3 Å². The lowest BCUT2D eigenvalue weighted by atomic mass is 9.47. The Hall–Kier alpha value is -0.800. The van der Waals surface area contributed by atoms with Gasteiger partial charge in [-0.3, -0.25) is 0 Å². The Kier molecular flexibility index (Phi) is 9.45. The summed E-state index contributed by atoms with van der Waals surface area (Å²) in [7, 11) is 0. The van der Waals surface area contributed by atoms with Crippen molar-refractivity contribution in [1.82, 2.24) is 0 Å². The maximum Gasteiger partial charge on any atom is 0.186 e. The van der Waals surface area contributed by atoms with Gasteiger partial charge < -0.3 is 35.0 Å². The fraction of sp³-hybridized carbons (Fsp3) is 0.886. The predicted molar refractivity (Wildman–Crippen MR) is 162 cm³/mol. The van der Waals surface area contributed by atoms with Crippen molar-refractivity contribution in [3.63, 3.8) is 0 Å². The molecule has 4 fully saturated rings. The largest absolute Gasteiger partial charge is 0.394 e. The molecule has 3 saturated carbocycles. The molecule has 0 aromatic heterocycles. The second-order valence-electron chi connectivity index (χ2n) is 15.6. The number of allylic oxidation sites excluding steroid dienone is 1. The maximum atomic E-state index is 11.1. The average molecular weight is 591 g/mol. The van der Waals surface area contributed by atoms with Gasteiger partial charge in [-0.05, 0) is 111 Å². The van der Waals surface area contributed by atoms with E-state index >= 15 is 0 Å². The third kappa shape index (κ3) is 5.48. The number of aliphatic hydroxyl groups excluding tert-OH is 4. The molecule has 7 heteroatoms. The van der Waals surface area contributed by atoms with E-state index in [1.807, 2.05) is 0 Å². The summed E-state index contributed by atoms with van der Waals surface area (Å²) < 4.78 is 11.9. The molecule has 5 N–H and O–H groups in total. The fourth-order valence-electron chi connectivity index (χ4n) is 10.4. The van der Waals surface area contributed by atoms with Crippen LogP contribution in [-0.2, 0) is 9.47 Å². The van der Waals surface area contributed by atoms with E-state index in [0.717, 1.165) is 44.4 Å². The Labute approximate surface area is 253 Å². The van der Waals surface area contributed by atoms with Gasteiger partial charge in [-0.2, -0.15) is 0 Å². The summed E-state index contributed by atoms with van der Waals surface area (Å²) in [5, 5.41) is 51.4. The normalized spacial score (nSPS) is 47.5. The number of aliphatic hydroxyl groups is 5. The summed E-state index contributed by atoms with van der Waals surface area (Å²) >= 11 is 0. The van der Waals surface area contributed by atoms with Crippen molar-refractivity contribution in [3.05, 3.63) is 24.3 Å². The van der Waals surface area contributed by atoms with Gasteiger partial charge in [-0.15, -0.1) is 6.58 Å². The van der Waals surface area contributed by atoms with Crippen LogP contribution in [0.2, 0.25) is 0 Å². The van der Waals surface area contributed by atoms with Crippen LogP contribution in [0.25, 0.3) is 0 Å². The molecule has 0 aromatic carbocycles. The Morgan fingerprint density at radius 3 is 2.45 bits per heavy atom. The van der Waals surface area contributed by atoms with Crippen LogP contribution in [0, 0.1) is 46.3 Å². The van der Waals surface area contributed by atoms with Gasteiger partial charge in [0, 0.05) is 0 Å². The van der Waals surface area contributed by atoms with Crippen LogP contribution in [0.4, 0.5) is 0 Å². The fourth-order valence-corrected chi connectivity index (χ4v) is 10.4. The summed E-state index contributed by atoms with van der Waals surface area (Å²) in [6.45, 7) is 15.1. The van der Waals surface area contributed by atoms with Crippen molar-refractivity contribution < 1.29 is 35.0 Å². The van der Waals surface area contributed by atoms with E-state index in [1.165, 1.54) is 31.3 Å². The third-order valence-electron chi connectivity index (χ3n) is 13.3. The summed E-state index contributed by atoms with van der Waals surface area (Å²) in [5.74, 6) is 3.58. The first kappa shape index (κ1) is 32.6. The zero-order valence-electron chi connectivity index (χ0n) is 26.6. The molecule has 1 unspecified atom stereocenters. The number of fused-ring (bicyclic) bond motifs is 5. The lowest BCUT2D eigenvalue weighted by molar-refractivity contribution is -0.313. The minimum absolute atomic E-state index is 0.132. The molecule has 0 spiro atoms. The van der Waals surface area contributed by atoms with E-state index < -0.39 is 42.9 Å². The smallest absolute Gasteiger partial charge is 0.186 e. The third-order valence-corrected chi connectivity index (χ3v) is 13.3. The Morgan fingerprint density at radius 1 is 1.05 bits per heavy atom. The van der Waals surface area contributed by atoms with Crippen LogP contribution >= 0.6 is 0 Å².